The zero-order valence-electron chi connectivity index (χ0n) is 14.1. The molecule has 0 atom stereocenters. The predicted octanol–water partition coefficient (Wildman–Crippen LogP) is 0.677. The topological polar surface area (TPSA) is 61.7 Å². The number of anilines is 1. The van der Waals surface area contributed by atoms with E-state index in [1.54, 1.807) is 13.2 Å². The maximum absolute atomic E-state index is 12.3. The number of hydrogen-bond acceptors (Lipinski definition) is 5. The number of likely N-dealkylation sites (tertiary alicyclic amines) is 1. The van der Waals surface area contributed by atoms with E-state index in [0.29, 0.717) is 11.0 Å². The first-order chi connectivity index (χ1) is 11.6. The van der Waals surface area contributed by atoms with Crippen LogP contribution in [-0.2, 0) is 11.8 Å². The molecule has 0 unspecified atom stereocenters. The first-order valence-electron chi connectivity index (χ1n) is 8.53. The Bertz CT molecular complexity index is 656. The van der Waals surface area contributed by atoms with E-state index in [-0.39, 0.29) is 11.5 Å². The van der Waals surface area contributed by atoms with Crippen LogP contribution in [-0.4, -0.2) is 71.3 Å². The van der Waals surface area contributed by atoms with Crippen LogP contribution in [0.25, 0.3) is 0 Å². The Morgan fingerprint density at radius 3 is 2.62 bits per heavy atom. The molecule has 8 heteroatoms. The molecule has 2 aliphatic heterocycles. The minimum Gasteiger partial charge on any atom is -0.368 e. The third kappa shape index (κ3) is 3.80. The van der Waals surface area contributed by atoms with Crippen LogP contribution in [0.3, 0.4) is 0 Å². The van der Waals surface area contributed by atoms with Crippen LogP contribution in [0, 0.1) is 0 Å². The zero-order chi connectivity index (χ0) is 17.1. The highest BCUT2D eigenvalue weighted by atomic mass is 79.9. The number of hydrogen-bond donors (Lipinski definition) is 0. The van der Waals surface area contributed by atoms with Gasteiger partial charge in [0.05, 0.1) is 18.4 Å². The van der Waals surface area contributed by atoms with Crippen LogP contribution >= 0.6 is 15.9 Å². The minimum atomic E-state index is -0.127. The Kier molecular flexibility index (Phi) is 5.55. The largest absolute Gasteiger partial charge is 0.368 e. The highest BCUT2D eigenvalue weighted by Gasteiger charge is 2.23. The van der Waals surface area contributed by atoms with Crippen LogP contribution in [0.5, 0.6) is 0 Å². The van der Waals surface area contributed by atoms with Crippen molar-refractivity contribution < 1.29 is 4.79 Å². The average molecular weight is 398 g/mol. The van der Waals surface area contributed by atoms with Crippen molar-refractivity contribution in [2.45, 2.75) is 19.3 Å². The van der Waals surface area contributed by atoms with Crippen LogP contribution in [0.4, 0.5) is 5.69 Å². The Hall–Kier alpha value is -1.41. The standard InChI is InChI=1S/C16H24BrN5O2/c1-19-16(24)15(17)13(11-18-19)21-8-4-5-20(9-10-21)12-14(23)22-6-2-3-7-22/h11H,2-10,12H2,1H3. The molecule has 0 radical (unpaired) electrons. The van der Waals surface area contributed by atoms with Gasteiger partial charge in [-0.1, -0.05) is 0 Å². The summed E-state index contributed by atoms with van der Waals surface area (Å²) in [6.45, 7) is 5.70. The third-order valence-electron chi connectivity index (χ3n) is 4.81. The van der Waals surface area contributed by atoms with E-state index < -0.39 is 0 Å². The second kappa shape index (κ2) is 7.65. The third-order valence-corrected chi connectivity index (χ3v) is 5.55. The molecule has 3 heterocycles. The molecule has 2 saturated heterocycles. The first-order valence-corrected chi connectivity index (χ1v) is 9.32. The van der Waals surface area contributed by atoms with E-state index in [1.807, 2.05) is 4.90 Å². The fraction of sp³-hybridized carbons (Fsp3) is 0.688. The summed E-state index contributed by atoms with van der Waals surface area (Å²) in [5.74, 6) is 0.248. The number of carbonyl (C=O) groups is 1. The van der Waals surface area contributed by atoms with Gasteiger partial charge in [-0.25, -0.2) is 4.68 Å². The molecule has 0 saturated carbocycles. The van der Waals surface area contributed by atoms with Crippen molar-refractivity contribution >= 4 is 27.5 Å². The second-order valence-electron chi connectivity index (χ2n) is 6.48. The van der Waals surface area contributed by atoms with E-state index in [1.165, 1.54) is 4.68 Å². The molecule has 0 aromatic carbocycles. The van der Waals surface area contributed by atoms with Gasteiger partial charge in [-0.15, -0.1) is 0 Å². The van der Waals surface area contributed by atoms with Crippen molar-refractivity contribution in [3.63, 3.8) is 0 Å². The fourth-order valence-electron chi connectivity index (χ4n) is 3.35. The first kappa shape index (κ1) is 17.4. The van der Waals surface area contributed by atoms with E-state index in [2.05, 4.69) is 30.8 Å². The highest BCUT2D eigenvalue weighted by Crippen LogP contribution is 2.22. The van der Waals surface area contributed by atoms with Gasteiger partial charge < -0.3 is 9.80 Å². The monoisotopic (exact) mass is 397 g/mol. The number of amides is 1. The summed E-state index contributed by atoms with van der Waals surface area (Å²) in [6, 6.07) is 0. The maximum Gasteiger partial charge on any atom is 0.282 e. The number of aryl methyl sites for hydroxylation is 1. The van der Waals surface area contributed by atoms with Crippen molar-refractivity contribution in [2.24, 2.45) is 7.05 Å². The molecule has 132 valence electrons. The molecule has 1 aromatic heterocycles. The average Bonchev–Trinajstić information content (AvgIpc) is 3.02. The summed E-state index contributed by atoms with van der Waals surface area (Å²) >= 11 is 3.40. The molecule has 2 fully saturated rings. The molecule has 1 aromatic rings. The summed E-state index contributed by atoms with van der Waals surface area (Å²) < 4.78 is 1.88. The number of carbonyl (C=O) groups excluding carboxylic acids is 1. The number of nitrogens with zero attached hydrogens (tertiary/aromatic N) is 5. The molecule has 0 N–H and O–H groups in total. The van der Waals surface area contributed by atoms with Crippen LogP contribution in [0.2, 0.25) is 0 Å². The van der Waals surface area contributed by atoms with Gasteiger partial charge in [-0.2, -0.15) is 5.10 Å². The quantitative estimate of drug-likeness (QED) is 0.750. The smallest absolute Gasteiger partial charge is 0.282 e. The number of aromatic nitrogens is 2. The Labute approximate surface area is 150 Å². The van der Waals surface area contributed by atoms with Crippen molar-refractivity contribution in [1.82, 2.24) is 19.6 Å². The fourth-order valence-corrected chi connectivity index (χ4v) is 3.96. The molecule has 7 nitrogen and oxygen atoms in total. The van der Waals surface area contributed by atoms with E-state index in [9.17, 15) is 9.59 Å². The van der Waals surface area contributed by atoms with Crippen LogP contribution in [0.15, 0.2) is 15.5 Å². The molecular weight excluding hydrogens is 374 g/mol. The Morgan fingerprint density at radius 2 is 1.88 bits per heavy atom. The van der Waals surface area contributed by atoms with Crippen molar-refractivity contribution in [1.29, 1.82) is 0 Å². The minimum absolute atomic E-state index is 0.127. The highest BCUT2D eigenvalue weighted by molar-refractivity contribution is 9.10. The second-order valence-corrected chi connectivity index (χ2v) is 7.27. The Balaban J connectivity index is 1.62. The van der Waals surface area contributed by atoms with Crippen LogP contribution < -0.4 is 10.5 Å². The molecule has 3 rings (SSSR count). The van der Waals surface area contributed by atoms with Crippen molar-refractivity contribution in [3.05, 3.63) is 21.0 Å². The van der Waals surface area contributed by atoms with Gasteiger partial charge in [0.2, 0.25) is 5.91 Å². The van der Waals surface area contributed by atoms with Gasteiger partial charge in [-0.05, 0) is 35.2 Å². The molecule has 0 bridgehead atoms. The predicted molar refractivity (Wildman–Crippen MR) is 96.3 cm³/mol. The van der Waals surface area contributed by atoms with Crippen molar-refractivity contribution in [3.8, 4) is 0 Å². The number of halogens is 1. The summed E-state index contributed by atoms with van der Waals surface area (Å²) in [5, 5.41) is 4.12. The molecular formula is C16H24BrN5O2. The van der Waals surface area contributed by atoms with E-state index >= 15 is 0 Å². The van der Waals surface area contributed by atoms with Gasteiger partial charge in [0, 0.05) is 46.3 Å². The summed E-state index contributed by atoms with van der Waals surface area (Å²) in [7, 11) is 1.64. The van der Waals surface area contributed by atoms with Gasteiger partial charge in [0.1, 0.15) is 4.47 Å². The molecule has 0 spiro atoms. The Morgan fingerprint density at radius 1 is 1.12 bits per heavy atom. The van der Waals surface area contributed by atoms with Gasteiger partial charge in [0.15, 0.2) is 0 Å². The number of rotatable bonds is 3. The summed E-state index contributed by atoms with van der Waals surface area (Å²) in [4.78, 5) is 30.7. The lowest BCUT2D eigenvalue weighted by Crippen LogP contribution is -2.40. The summed E-state index contributed by atoms with van der Waals surface area (Å²) in [5.41, 5.74) is 0.712. The van der Waals surface area contributed by atoms with Gasteiger partial charge in [-0.3, -0.25) is 14.5 Å². The zero-order valence-corrected chi connectivity index (χ0v) is 15.7. The van der Waals surface area contributed by atoms with E-state index in [4.69, 9.17) is 0 Å². The molecule has 1 amide bonds. The van der Waals surface area contributed by atoms with Crippen LogP contribution in [0.1, 0.15) is 19.3 Å². The maximum atomic E-state index is 12.3. The van der Waals surface area contributed by atoms with E-state index in [0.717, 1.165) is 64.2 Å². The molecule has 2 aliphatic rings. The lowest BCUT2D eigenvalue weighted by atomic mass is 10.3. The normalized spacial score (nSPS) is 19.6. The summed E-state index contributed by atoms with van der Waals surface area (Å²) in [6.07, 6.45) is 4.96. The SMILES string of the molecule is Cn1ncc(N2CCCN(CC(=O)N3CCCC3)CC2)c(Br)c1=O. The van der Waals surface area contributed by atoms with Gasteiger partial charge >= 0.3 is 0 Å². The molecule has 0 aliphatic carbocycles. The van der Waals surface area contributed by atoms with Gasteiger partial charge in [0.25, 0.3) is 5.56 Å². The lowest BCUT2D eigenvalue weighted by molar-refractivity contribution is -0.131. The lowest BCUT2D eigenvalue weighted by Gasteiger charge is -2.25. The molecule has 24 heavy (non-hydrogen) atoms. The van der Waals surface area contributed by atoms with Crippen molar-refractivity contribution in [2.75, 3.05) is 50.7 Å².